The Labute approximate surface area is 162 Å². The van der Waals surface area contributed by atoms with Crippen molar-refractivity contribution < 1.29 is 5.11 Å². The molecule has 0 bridgehead atoms. The number of aliphatic hydroxyl groups is 1. The Bertz CT molecular complexity index is 579. The molecule has 0 amide bonds. The predicted octanol–water partition coefficient (Wildman–Crippen LogP) is 7.15. The van der Waals surface area contributed by atoms with Gasteiger partial charge in [-0.3, -0.25) is 0 Å². The highest BCUT2D eigenvalue weighted by Gasteiger charge is 2.49. The minimum Gasteiger partial charge on any atom is -0.388 e. The average molecular weight is 357 g/mol. The van der Waals surface area contributed by atoms with E-state index in [1.807, 2.05) is 13.8 Å². The lowest BCUT2D eigenvalue weighted by molar-refractivity contribution is 0.154. The summed E-state index contributed by atoms with van der Waals surface area (Å²) in [4.78, 5) is 0. The van der Waals surface area contributed by atoms with Gasteiger partial charge in [-0.05, 0) is 80.6 Å². The van der Waals surface area contributed by atoms with Crippen molar-refractivity contribution in [3.05, 3.63) is 47.6 Å². The largest absolute Gasteiger partial charge is 0.388 e. The molecule has 1 nitrogen and oxygen atoms in total. The number of allylic oxidation sites excluding steroid dienone is 4. The van der Waals surface area contributed by atoms with Crippen LogP contribution in [0.3, 0.4) is 0 Å². The van der Waals surface area contributed by atoms with Crippen molar-refractivity contribution in [1.29, 1.82) is 0 Å². The second-order valence-electron chi connectivity index (χ2n) is 8.50. The quantitative estimate of drug-likeness (QED) is 0.532. The van der Waals surface area contributed by atoms with Gasteiger partial charge in [0, 0.05) is 0 Å². The summed E-state index contributed by atoms with van der Waals surface area (Å²) in [6.45, 7) is 17.1. The maximum absolute atomic E-state index is 10.0. The normalized spacial score (nSPS) is 37.3. The third kappa shape index (κ3) is 4.25. The fourth-order valence-corrected chi connectivity index (χ4v) is 5.52. The Morgan fingerprint density at radius 3 is 2.58 bits per heavy atom. The van der Waals surface area contributed by atoms with Crippen LogP contribution in [0.2, 0.25) is 0 Å². The third-order valence-corrected chi connectivity index (χ3v) is 7.14. The van der Waals surface area contributed by atoms with Crippen molar-refractivity contribution in [1.82, 2.24) is 0 Å². The smallest absolute Gasteiger partial charge is 0.0784 e. The molecule has 3 saturated carbocycles. The molecular weight excluding hydrogens is 316 g/mol. The van der Waals surface area contributed by atoms with Gasteiger partial charge >= 0.3 is 0 Å². The van der Waals surface area contributed by atoms with Crippen molar-refractivity contribution in [2.75, 3.05) is 0 Å². The Hall–Kier alpha value is -1.08. The second kappa shape index (κ2) is 9.22. The van der Waals surface area contributed by atoms with Crippen LogP contribution < -0.4 is 0 Å². The van der Waals surface area contributed by atoms with Crippen LogP contribution in [0, 0.1) is 17.3 Å². The van der Waals surface area contributed by atoms with Crippen LogP contribution >= 0.6 is 0 Å². The fraction of sp³-hybridized carbons (Fsp3) is 0.680. The Morgan fingerprint density at radius 1 is 1.19 bits per heavy atom. The summed E-state index contributed by atoms with van der Waals surface area (Å²) in [5, 5.41) is 10.0. The van der Waals surface area contributed by atoms with E-state index in [9.17, 15) is 5.11 Å². The minimum atomic E-state index is -0.330. The first-order valence-corrected chi connectivity index (χ1v) is 10.9. The molecule has 0 aromatic heterocycles. The highest BCUT2D eigenvalue weighted by molar-refractivity contribution is 5.29. The van der Waals surface area contributed by atoms with Gasteiger partial charge in [0.2, 0.25) is 0 Å². The number of hydrogen-bond acceptors (Lipinski definition) is 1. The minimum absolute atomic E-state index is 0.330. The fourth-order valence-electron chi connectivity index (χ4n) is 5.52. The standard InChI is InChI=1S/C23H34O.C2H6/c1-5-16(2)20-12-13-21-19(7-6-14-23(20,21)4)11-10-18-9-8-17(3)22(24)15-18;1-2/h10-11,20-22,24H,2-3,5-9,12-15H2,1,4H3;1-2H3/b18-10-,19-11+;. The van der Waals surface area contributed by atoms with E-state index in [4.69, 9.17) is 0 Å². The molecule has 0 heterocycles. The van der Waals surface area contributed by atoms with Crippen LogP contribution in [0.15, 0.2) is 47.6 Å². The number of rotatable bonds is 3. The van der Waals surface area contributed by atoms with Crippen LogP contribution in [0.5, 0.6) is 0 Å². The Balaban J connectivity index is 0.00000117. The van der Waals surface area contributed by atoms with E-state index in [1.165, 1.54) is 43.3 Å². The molecule has 0 radical (unpaired) electrons. The highest BCUT2D eigenvalue weighted by Crippen LogP contribution is 2.59. The van der Waals surface area contributed by atoms with Crippen molar-refractivity contribution in [3.8, 4) is 0 Å². The van der Waals surface area contributed by atoms with E-state index in [2.05, 4.69) is 39.2 Å². The molecular formula is C25H40O. The van der Waals surface area contributed by atoms with E-state index in [1.54, 1.807) is 5.57 Å². The van der Waals surface area contributed by atoms with Crippen molar-refractivity contribution in [2.45, 2.75) is 91.6 Å². The van der Waals surface area contributed by atoms with Crippen molar-refractivity contribution >= 4 is 0 Å². The van der Waals surface area contributed by atoms with Crippen LogP contribution in [0.1, 0.15) is 85.5 Å². The molecule has 0 aromatic rings. The van der Waals surface area contributed by atoms with E-state index in [0.717, 1.165) is 37.2 Å². The van der Waals surface area contributed by atoms with Gasteiger partial charge in [0.05, 0.1) is 6.10 Å². The summed E-state index contributed by atoms with van der Waals surface area (Å²) in [6.07, 6.45) is 14.9. The molecule has 3 fully saturated rings. The lowest BCUT2D eigenvalue weighted by Gasteiger charge is -2.43. The zero-order chi connectivity index (χ0) is 19.3. The lowest BCUT2D eigenvalue weighted by atomic mass is 9.62. The molecule has 0 spiro atoms. The van der Waals surface area contributed by atoms with E-state index < -0.39 is 0 Å². The maximum atomic E-state index is 10.0. The summed E-state index contributed by atoms with van der Waals surface area (Å²) in [5.41, 5.74) is 5.94. The summed E-state index contributed by atoms with van der Waals surface area (Å²) in [7, 11) is 0. The molecule has 3 rings (SSSR count). The molecule has 4 unspecified atom stereocenters. The van der Waals surface area contributed by atoms with Gasteiger partial charge in [-0.25, -0.2) is 0 Å². The third-order valence-electron chi connectivity index (χ3n) is 7.14. The number of aliphatic hydroxyl groups excluding tert-OH is 1. The van der Waals surface area contributed by atoms with Gasteiger partial charge in [0.1, 0.15) is 0 Å². The summed E-state index contributed by atoms with van der Waals surface area (Å²) < 4.78 is 0. The van der Waals surface area contributed by atoms with E-state index in [-0.39, 0.29) is 6.10 Å². The van der Waals surface area contributed by atoms with Gasteiger partial charge in [-0.2, -0.15) is 0 Å². The van der Waals surface area contributed by atoms with Crippen LogP contribution in [-0.2, 0) is 0 Å². The molecule has 1 N–H and O–H groups in total. The first-order valence-electron chi connectivity index (χ1n) is 10.9. The maximum Gasteiger partial charge on any atom is 0.0784 e. The van der Waals surface area contributed by atoms with E-state index in [0.29, 0.717) is 11.3 Å². The van der Waals surface area contributed by atoms with Crippen molar-refractivity contribution in [2.24, 2.45) is 17.3 Å². The first kappa shape index (κ1) is 21.2. The SMILES string of the molecule is C=C1CC/C(=C/C=C2\CCCC3(C)C(C(=C)CC)CCC23)CC1O.CC. The average Bonchev–Trinajstić information content (AvgIpc) is 3.01. The monoisotopic (exact) mass is 356 g/mol. The summed E-state index contributed by atoms with van der Waals surface area (Å²) >= 11 is 0. The second-order valence-corrected chi connectivity index (χ2v) is 8.50. The van der Waals surface area contributed by atoms with Gasteiger partial charge < -0.3 is 5.11 Å². The molecule has 4 atom stereocenters. The van der Waals surface area contributed by atoms with Crippen LogP contribution in [0.25, 0.3) is 0 Å². The zero-order valence-corrected chi connectivity index (χ0v) is 17.6. The van der Waals surface area contributed by atoms with E-state index >= 15 is 0 Å². The van der Waals surface area contributed by atoms with Gasteiger partial charge in [-0.1, -0.05) is 69.7 Å². The molecule has 26 heavy (non-hydrogen) atoms. The summed E-state index contributed by atoms with van der Waals surface area (Å²) in [6, 6.07) is 0. The van der Waals surface area contributed by atoms with Crippen molar-refractivity contribution in [3.63, 3.8) is 0 Å². The molecule has 1 heteroatoms. The van der Waals surface area contributed by atoms with Gasteiger partial charge in [0.15, 0.2) is 0 Å². The summed E-state index contributed by atoms with van der Waals surface area (Å²) in [5.74, 6) is 1.45. The molecule has 0 aromatic carbocycles. The number of fused-ring (bicyclic) bond motifs is 1. The van der Waals surface area contributed by atoms with Gasteiger partial charge in [0.25, 0.3) is 0 Å². The predicted molar refractivity (Wildman–Crippen MR) is 114 cm³/mol. The van der Waals surface area contributed by atoms with Crippen LogP contribution in [0.4, 0.5) is 0 Å². The molecule has 3 aliphatic rings. The van der Waals surface area contributed by atoms with Gasteiger partial charge in [-0.15, -0.1) is 0 Å². The molecule has 0 aliphatic heterocycles. The lowest BCUT2D eigenvalue weighted by Crippen LogP contribution is -2.33. The zero-order valence-electron chi connectivity index (χ0n) is 17.6. The molecule has 3 aliphatic carbocycles. The Kier molecular flexibility index (Phi) is 7.52. The first-order chi connectivity index (χ1) is 12.5. The molecule has 0 saturated heterocycles. The topological polar surface area (TPSA) is 20.2 Å². The highest BCUT2D eigenvalue weighted by atomic mass is 16.3. The molecule has 146 valence electrons. The van der Waals surface area contributed by atoms with Crippen LogP contribution in [-0.4, -0.2) is 11.2 Å². The Morgan fingerprint density at radius 2 is 1.92 bits per heavy atom. The number of hydrogen-bond donors (Lipinski definition) is 1.